The molecule has 2 aromatic rings. The molecule has 2 rings (SSSR count). The highest BCUT2D eigenvalue weighted by Crippen LogP contribution is 2.23. The maximum atomic E-state index is 12.8. The minimum Gasteiger partial charge on any atom is -0.332 e. The van der Waals surface area contributed by atoms with Crippen molar-refractivity contribution in [2.75, 3.05) is 18.4 Å². The third kappa shape index (κ3) is 6.76. The monoisotopic (exact) mass is 509 g/mol. The second kappa shape index (κ2) is 11.6. The fourth-order valence-electron chi connectivity index (χ4n) is 2.98. The van der Waals surface area contributed by atoms with Crippen molar-refractivity contribution < 1.29 is 23.1 Å². The van der Waals surface area contributed by atoms with Crippen LogP contribution in [-0.2, 0) is 10.0 Å². The normalized spacial score (nSPS) is 11.1. The van der Waals surface area contributed by atoms with Crippen LogP contribution in [0.3, 0.4) is 0 Å². The largest absolute Gasteiger partial charge is 0.332 e. The van der Waals surface area contributed by atoms with Gasteiger partial charge in [0.05, 0.1) is 26.4 Å². The van der Waals surface area contributed by atoms with E-state index in [4.69, 9.17) is 12.2 Å². The van der Waals surface area contributed by atoms with E-state index in [0.717, 1.165) is 18.2 Å². The van der Waals surface area contributed by atoms with Gasteiger partial charge in [-0.25, -0.2) is 8.42 Å². The first-order valence-corrected chi connectivity index (χ1v) is 12.0. The summed E-state index contributed by atoms with van der Waals surface area (Å²) in [7, 11) is -3.65. The number of nitrogens with one attached hydrogen (secondary N) is 2. The van der Waals surface area contributed by atoms with E-state index in [1.165, 1.54) is 28.6 Å². The van der Waals surface area contributed by atoms with Crippen LogP contribution in [0.15, 0.2) is 47.4 Å². The molecule has 14 heteroatoms. The summed E-state index contributed by atoms with van der Waals surface area (Å²) in [4.78, 5) is 32.8. The number of nitrogens with zero attached hydrogens (tertiary/aromatic N) is 3. The molecule has 12 nitrogen and oxygen atoms in total. The summed E-state index contributed by atoms with van der Waals surface area (Å²) in [6.45, 7) is 4.60. The molecule has 0 fully saturated rings. The number of non-ortho nitro benzene ring substituents is 2. The lowest BCUT2D eigenvalue weighted by Gasteiger charge is -2.21. The number of rotatable bonds is 10. The zero-order valence-electron chi connectivity index (χ0n) is 18.4. The number of amides is 1. The summed E-state index contributed by atoms with van der Waals surface area (Å²) in [5, 5.41) is 26.8. The van der Waals surface area contributed by atoms with Gasteiger partial charge in [0.1, 0.15) is 0 Å². The van der Waals surface area contributed by atoms with Crippen molar-refractivity contribution in [3.05, 3.63) is 68.3 Å². The van der Waals surface area contributed by atoms with Crippen molar-refractivity contribution in [1.29, 1.82) is 0 Å². The van der Waals surface area contributed by atoms with Crippen molar-refractivity contribution in [3.8, 4) is 0 Å². The second-order valence-corrected chi connectivity index (χ2v) is 9.44. The maximum Gasteiger partial charge on any atom is 0.277 e. The van der Waals surface area contributed by atoms with Gasteiger partial charge in [-0.1, -0.05) is 13.8 Å². The van der Waals surface area contributed by atoms with E-state index in [1.807, 2.05) is 13.8 Å². The molecule has 0 unspecified atom stereocenters. The lowest BCUT2D eigenvalue weighted by atomic mass is 10.1. The molecule has 0 heterocycles. The number of carbonyl (C=O) groups is 1. The molecule has 0 atom stereocenters. The first kappa shape index (κ1) is 26.8. The highest BCUT2D eigenvalue weighted by atomic mass is 32.2. The molecule has 182 valence electrons. The van der Waals surface area contributed by atoms with Crippen LogP contribution < -0.4 is 10.6 Å². The minimum atomic E-state index is -3.65. The van der Waals surface area contributed by atoms with E-state index in [2.05, 4.69) is 10.6 Å². The molecule has 0 bridgehead atoms. The van der Waals surface area contributed by atoms with E-state index < -0.39 is 37.2 Å². The van der Waals surface area contributed by atoms with Crippen molar-refractivity contribution in [1.82, 2.24) is 9.62 Å². The fourth-order valence-corrected chi connectivity index (χ4v) is 4.82. The zero-order chi connectivity index (χ0) is 25.5. The van der Waals surface area contributed by atoms with Gasteiger partial charge >= 0.3 is 0 Å². The SMILES string of the molecule is CCCN(CCC)S(=O)(=O)c1ccc(NC(=S)NC(=O)c2cc([N+](=O)[O-])cc([N+](=O)[O-])c2)cc1. The Balaban J connectivity index is 2.13. The van der Waals surface area contributed by atoms with Crippen LogP contribution in [-0.4, -0.2) is 46.7 Å². The first-order chi connectivity index (χ1) is 16.0. The number of hydrogen-bond donors (Lipinski definition) is 2. The van der Waals surface area contributed by atoms with Gasteiger partial charge in [0.15, 0.2) is 5.11 Å². The predicted molar refractivity (Wildman–Crippen MR) is 129 cm³/mol. The number of sulfonamides is 1. The van der Waals surface area contributed by atoms with Gasteiger partial charge in [-0.05, 0) is 49.3 Å². The molecule has 0 radical (unpaired) electrons. The number of thiocarbonyl (C=S) groups is 1. The molecular weight excluding hydrogens is 486 g/mol. The summed E-state index contributed by atoms with van der Waals surface area (Å²) < 4.78 is 27.1. The van der Waals surface area contributed by atoms with Gasteiger partial charge in [-0.3, -0.25) is 30.3 Å². The molecule has 0 saturated heterocycles. The maximum absolute atomic E-state index is 12.8. The van der Waals surface area contributed by atoms with Gasteiger partial charge in [-0.2, -0.15) is 4.31 Å². The molecule has 34 heavy (non-hydrogen) atoms. The van der Waals surface area contributed by atoms with Crippen LogP contribution in [0.25, 0.3) is 0 Å². The first-order valence-electron chi connectivity index (χ1n) is 10.2. The van der Waals surface area contributed by atoms with Crippen LogP contribution in [0.2, 0.25) is 0 Å². The zero-order valence-corrected chi connectivity index (χ0v) is 20.0. The van der Waals surface area contributed by atoms with Crippen LogP contribution in [0.4, 0.5) is 17.1 Å². The number of anilines is 1. The van der Waals surface area contributed by atoms with Crippen molar-refractivity contribution in [2.24, 2.45) is 0 Å². The molecule has 0 aromatic heterocycles. The van der Waals surface area contributed by atoms with E-state index >= 15 is 0 Å². The molecule has 1 amide bonds. The van der Waals surface area contributed by atoms with Crippen LogP contribution in [0.1, 0.15) is 37.0 Å². The highest BCUT2D eigenvalue weighted by molar-refractivity contribution is 7.89. The third-order valence-electron chi connectivity index (χ3n) is 4.51. The lowest BCUT2D eigenvalue weighted by molar-refractivity contribution is -0.394. The van der Waals surface area contributed by atoms with Gasteiger partial charge in [0, 0.05) is 30.9 Å². The molecule has 2 N–H and O–H groups in total. The van der Waals surface area contributed by atoms with Crippen molar-refractivity contribution >= 4 is 50.3 Å². The molecule has 0 aliphatic rings. The number of nitro groups is 2. The van der Waals surface area contributed by atoms with Crippen LogP contribution in [0.5, 0.6) is 0 Å². The Morgan fingerprint density at radius 2 is 1.47 bits per heavy atom. The van der Waals surface area contributed by atoms with E-state index in [-0.39, 0.29) is 15.6 Å². The quantitative estimate of drug-likeness (QED) is 0.277. The molecular formula is C20H23N5O7S2. The summed E-state index contributed by atoms with van der Waals surface area (Å²) >= 11 is 5.06. The summed E-state index contributed by atoms with van der Waals surface area (Å²) in [6.07, 6.45) is 1.36. The summed E-state index contributed by atoms with van der Waals surface area (Å²) in [5.41, 5.74) is -1.17. The van der Waals surface area contributed by atoms with Gasteiger partial charge in [0.2, 0.25) is 10.0 Å². The number of benzene rings is 2. The number of nitro benzene ring substituents is 2. The fraction of sp³-hybridized carbons (Fsp3) is 0.300. The molecule has 0 spiro atoms. The summed E-state index contributed by atoms with van der Waals surface area (Å²) in [5.74, 6) is -0.890. The second-order valence-electron chi connectivity index (χ2n) is 7.09. The van der Waals surface area contributed by atoms with Crippen LogP contribution >= 0.6 is 12.2 Å². The van der Waals surface area contributed by atoms with E-state index in [0.29, 0.717) is 31.6 Å². The highest BCUT2D eigenvalue weighted by Gasteiger charge is 2.23. The average Bonchev–Trinajstić information content (AvgIpc) is 2.78. The smallest absolute Gasteiger partial charge is 0.277 e. The van der Waals surface area contributed by atoms with Crippen molar-refractivity contribution in [2.45, 2.75) is 31.6 Å². The van der Waals surface area contributed by atoms with Crippen LogP contribution in [0, 0.1) is 20.2 Å². The number of carbonyl (C=O) groups excluding carboxylic acids is 1. The Morgan fingerprint density at radius 3 is 1.91 bits per heavy atom. The van der Waals surface area contributed by atoms with E-state index in [9.17, 15) is 33.4 Å². The Morgan fingerprint density at radius 1 is 0.971 bits per heavy atom. The Bertz CT molecular complexity index is 1160. The van der Waals surface area contributed by atoms with Gasteiger partial charge in [0.25, 0.3) is 17.3 Å². The topological polar surface area (TPSA) is 165 Å². The molecule has 0 aliphatic heterocycles. The van der Waals surface area contributed by atoms with E-state index in [1.54, 1.807) is 0 Å². The van der Waals surface area contributed by atoms with Crippen molar-refractivity contribution in [3.63, 3.8) is 0 Å². The average molecular weight is 510 g/mol. The lowest BCUT2D eigenvalue weighted by Crippen LogP contribution is -2.34. The minimum absolute atomic E-state index is 0.110. The standard InChI is InChI=1S/C20H23N5O7S2/c1-3-9-23(10-4-2)34(31,32)18-7-5-15(6-8-18)21-20(33)22-19(26)14-11-16(24(27)28)13-17(12-14)25(29)30/h5-8,11-13H,3-4,9-10H2,1-2H3,(H2,21,22,26,33). The van der Waals surface area contributed by atoms with Gasteiger partial charge < -0.3 is 5.32 Å². The number of hydrogen-bond acceptors (Lipinski definition) is 8. The Labute approximate surface area is 201 Å². The molecule has 0 aliphatic carbocycles. The third-order valence-corrected chi connectivity index (χ3v) is 6.63. The summed E-state index contributed by atoms with van der Waals surface area (Å²) in [6, 6.07) is 8.28. The predicted octanol–water partition coefficient (Wildman–Crippen LogP) is 3.44. The molecule has 2 aromatic carbocycles. The Hall–Kier alpha value is -3.49. The molecule has 0 saturated carbocycles. The Kier molecular flexibility index (Phi) is 9.11. The van der Waals surface area contributed by atoms with Gasteiger partial charge in [-0.15, -0.1) is 0 Å².